The fourth-order valence-corrected chi connectivity index (χ4v) is 10.3. The van der Waals surface area contributed by atoms with Gasteiger partial charge >= 0.3 is 11.7 Å². The first-order valence-corrected chi connectivity index (χ1v) is 15.8. The monoisotopic (exact) mass is 555 g/mol. The van der Waals surface area contributed by atoms with Crippen molar-refractivity contribution >= 4 is 6.03 Å². The van der Waals surface area contributed by atoms with Crippen LogP contribution in [0.15, 0.2) is 27.6 Å². The van der Waals surface area contributed by atoms with Crippen LogP contribution < -0.4 is 10.9 Å². The molecular weight excluding hydrogens is 506 g/mol. The minimum Gasteiger partial charge on any atom is -0.431 e. The molecule has 8 heteroatoms. The summed E-state index contributed by atoms with van der Waals surface area (Å²) in [6.45, 7) is 7.77. The summed E-state index contributed by atoms with van der Waals surface area (Å²) in [5.74, 6) is 1.59. The molecule has 0 aromatic carbocycles. The van der Waals surface area contributed by atoms with Crippen molar-refractivity contribution in [3.63, 3.8) is 0 Å². The van der Waals surface area contributed by atoms with Crippen LogP contribution in [-0.2, 0) is 0 Å². The molecule has 222 valence electrons. The summed E-state index contributed by atoms with van der Waals surface area (Å²) in [5, 5.41) is 25.3. The van der Waals surface area contributed by atoms with E-state index in [1.54, 1.807) is 6.26 Å². The van der Waals surface area contributed by atoms with Gasteiger partial charge in [-0.05, 0) is 105 Å². The lowest BCUT2D eigenvalue weighted by Crippen LogP contribution is -2.62. The van der Waals surface area contributed by atoms with Gasteiger partial charge in [0, 0.05) is 50.7 Å². The summed E-state index contributed by atoms with van der Waals surface area (Å²) < 4.78 is 5.24. The molecule has 5 aliphatic rings. The first-order valence-electron chi connectivity index (χ1n) is 15.8. The molecule has 3 N–H and O–H groups in total. The maximum atomic E-state index is 13.0. The van der Waals surface area contributed by atoms with Gasteiger partial charge < -0.3 is 24.8 Å². The van der Waals surface area contributed by atoms with E-state index < -0.39 is 5.60 Å². The number of carbonyl (C=O) groups is 1. The molecule has 1 aromatic heterocycles. The normalized spacial score (nSPS) is 43.0. The molecule has 1 saturated heterocycles. The highest BCUT2D eigenvalue weighted by Crippen LogP contribution is 2.70. The highest BCUT2D eigenvalue weighted by Gasteiger charge is 2.67. The topological polar surface area (TPSA) is 106 Å². The number of nitrogens with zero attached hydrogens (tertiary/aromatic N) is 2. The Morgan fingerprint density at radius 1 is 1.10 bits per heavy atom. The predicted molar refractivity (Wildman–Crippen MR) is 153 cm³/mol. The molecule has 5 fully saturated rings. The minimum atomic E-state index is -0.691. The van der Waals surface area contributed by atoms with Crippen molar-refractivity contribution < 1.29 is 19.4 Å². The van der Waals surface area contributed by atoms with E-state index in [-0.39, 0.29) is 40.6 Å². The molecule has 2 amide bonds. The molecule has 6 rings (SSSR count). The molecule has 0 spiro atoms. The van der Waals surface area contributed by atoms with Gasteiger partial charge in [0.15, 0.2) is 0 Å². The molecule has 40 heavy (non-hydrogen) atoms. The van der Waals surface area contributed by atoms with Gasteiger partial charge in [0.2, 0.25) is 0 Å². The van der Waals surface area contributed by atoms with Crippen LogP contribution >= 0.6 is 0 Å². The van der Waals surface area contributed by atoms with Crippen molar-refractivity contribution in [2.45, 2.75) is 102 Å². The van der Waals surface area contributed by atoms with Crippen LogP contribution in [-0.4, -0.2) is 77.0 Å². The van der Waals surface area contributed by atoms with Gasteiger partial charge in [-0.15, -0.1) is 0 Å². The van der Waals surface area contributed by atoms with E-state index >= 15 is 0 Å². The number of hydrogen-bond acceptors (Lipinski definition) is 6. The van der Waals surface area contributed by atoms with Gasteiger partial charge in [0.1, 0.15) is 0 Å². The molecule has 1 aromatic rings. The second-order valence-electron chi connectivity index (χ2n) is 14.4. The highest BCUT2D eigenvalue weighted by atomic mass is 16.4. The predicted octanol–water partition coefficient (Wildman–Crippen LogP) is 3.96. The number of fused-ring (bicyclic) bond motifs is 5. The Labute approximate surface area is 238 Å². The summed E-state index contributed by atoms with van der Waals surface area (Å²) in [6, 6.07) is 3.69. The summed E-state index contributed by atoms with van der Waals surface area (Å²) in [5.41, 5.74) is 0.0286. The minimum absolute atomic E-state index is 0.0125. The summed E-state index contributed by atoms with van der Waals surface area (Å²) >= 11 is 0. The molecule has 9 atom stereocenters. The van der Waals surface area contributed by atoms with Gasteiger partial charge in [-0.1, -0.05) is 13.8 Å². The lowest BCUT2D eigenvalue weighted by atomic mass is 9.43. The van der Waals surface area contributed by atoms with E-state index in [9.17, 15) is 19.8 Å². The molecule has 1 aliphatic heterocycles. The molecule has 0 radical (unpaired) electrons. The van der Waals surface area contributed by atoms with Crippen molar-refractivity contribution in [1.82, 2.24) is 15.1 Å². The zero-order valence-corrected chi connectivity index (χ0v) is 24.6. The zero-order chi connectivity index (χ0) is 28.3. The smallest absolute Gasteiger partial charge is 0.335 e. The number of β-amino-alcohol motifs (C(OH)–C–C–N with tert-alkyl or cyclic N) is 1. The Balaban J connectivity index is 1.10. The number of carbonyl (C=O) groups excluding carboxylic acids is 1. The van der Waals surface area contributed by atoms with Gasteiger partial charge in [0.05, 0.1) is 18.0 Å². The third kappa shape index (κ3) is 4.53. The average molecular weight is 556 g/mol. The Hall–Kier alpha value is -1.90. The van der Waals surface area contributed by atoms with Crippen LogP contribution in [0, 0.1) is 28.6 Å². The molecule has 4 saturated carbocycles. The standard InChI is InChI=1S/C32H49N3O5/c1-30-12-8-23(34(3)29(38)33-15-17-35-16-11-24(36)19-35)18-22(30)5-6-27-26(30)9-13-31(2)25(10-14-32(27,31)39)21-4-7-28(37)40-20-21/h4,7,20,22-27,36,39H,5-6,8-19H2,1-3H3,(H,33,38)/t22-,23+,24+,25-,26+,27-,30+,31-,32+/m1/s1. The number of amides is 2. The van der Waals surface area contributed by atoms with Crippen LogP contribution in [0.1, 0.15) is 89.5 Å². The Bertz CT molecular complexity index is 1140. The maximum absolute atomic E-state index is 13.0. The van der Waals surface area contributed by atoms with E-state index in [1.807, 2.05) is 18.0 Å². The number of likely N-dealkylation sites (tertiary alicyclic amines) is 1. The van der Waals surface area contributed by atoms with E-state index in [1.165, 1.54) is 6.07 Å². The van der Waals surface area contributed by atoms with Crippen molar-refractivity contribution in [2.24, 2.45) is 28.6 Å². The molecule has 8 nitrogen and oxygen atoms in total. The summed E-state index contributed by atoms with van der Waals surface area (Å²) in [4.78, 5) is 28.7. The van der Waals surface area contributed by atoms with Crippen LogP contribution in [0.3, 0.4) is 0 Å². The van der Waals surface area contributed by atoms with Gasteiger partial charge in [-0.3, -0.25) is 4.90 Å². The maximum Gasteiger partial charge on any atom is 0.335 e. The van der Waals surface area contributed by atoms with Crippen LogP contribution in [0.4, 0.5) is 4.79 Å². The second kappa shape index (κ2) is 10.4. The largest absolute Gasteiger partial charge is 0.431 e. The Kier molecular flexibility index (Phi) is 7.36. The van der Waals surface area contributed by atoms with Crippen molar-refractivity contribution in [3.05, 3.63) is 34.4 Å². The third-order valence-electron chi connectivity index (χ3n) is 12.8. The second-order valence-corrected chi connectivity index (χ2v) is 14.4. The average Bonchev–Trinajstić information content (AvgIpc) is 3.47. The lowest BCUT2D eigenvalue weighted by Gasteiger charge is -2.64. The van der Waals surface area contributed by atoms with Crippen molar-refractivity contribution in [3.8, 4) is 0 Å². The summed E-state index contributed by atoms with van der Waals surface area (Å²) in [7, 11) is 1.95. The lowest BCUT2D eigenvalue weighted by molar-refractivity contribution is -0.203. The molecule has 0 unspecified atom stereocenters. The fourth-order valence-electron chi connectivity index (χ4n) is 10.3. The van der Waals surface area contributed by atoms with Crippen LogP contribution in [0.5, 0.6) is 0 Å². The van der Waals surface area contributed by atoms with E-state index in [0.29, 0.717) is 30.8 Å². The van der Waals surface area contributed by atoms with Crippen LogP contribution in [0.25, 0.3) is 0 Å². The van der Waals surface area contributed by atoms with Crippen molar-refractivity contribution in [2.75, 3.05) is 33.2 Å². The molecule has 4 aliphatic carbocycles. The number of nitrogens with one attached hydrogen (secondary N) is 1. The Morgan fingerprint density at radius 2 is 1.93 bits per heavy atom. The molecular formula is C32H49N3O5. The van der Waals surface area contributed by atoms with Gasteiger partial charge in [0.25, 0.3) is 0 Å². The third-order valence-corrected chi connectivity index (χ3v) is 12.8. The van der Waals surface area contributed by atoms with Crippen molar-refractivity contribution in [1.29, 1.82) is 0 Å². The van der Waals surface area contributed by atoms with Gasteiger partial charge in [-0.25, -0.2) is 9.59 Å². The van der Waals surface area contributed by atoms with E-state index in [4.69, 9.17) is 4.42 Å². The quantitative estimate of drug-likeness (QED) is 0.508. The number of aliphatic hydroxyl groups is 2. The first kappa shape index (κ1) is 28.2. The SMILES string of the molecule is CN(C(=O)NCCN1CC[C@H](O)C1)[C@H]1CC[C@@]2(C)[C@H](CC[C@@H]3[C@@H]2CC[C@]2(C)[C@@H](c4ccc(=O)oc4)CC[C@]32O)C1. The van der Waals surface area contributed by atoms with E-state index in [0.717, 1.165) is 82.9 Å². The van der Waals surface area contributed by atoms with E-state index in [2.05, 4.69) is 24.1 Å². The highest BCUT2D eigenvalue weighted by molar-refractivity contribution is 5.74. The van der Waals surface area contributed by atoms with Gasteiger partial charge in [-0.2, -0.15) is 0 Å². The first-order chi connectivity index (χ1) is 19.0. The molecule has 0 bridgehead atoms. The van der Waals surface area contributed by atoms with Crippen LogP contribution in [0.2, 0.25) is 0 Å². The Morgan fingerprint density at radius 3 is 2.65 bits per heavy atom. The number of hydrogen-bond donors (Lipinski definition) is 3. The number of aliphatic hydroxyl groups excluding tert-OH is 1. The number of rotatable bonds is 5. The molecule has 2 heterocycles. The summed E-state index contributed by atoms with van der Waals surface area (Å²) in [6.07, 6.45) is 11.4. The zero-order valence-electron chi connectivity index (χ0n) is 24.6. The number of urea groups is 1. The fraction of sp³-hybridized carbons (Fsp3) is 0.812.